The second kappa shape index (κ2) is 1830. The van der Waals surface area contributed by atoms with E-state index in [4.69, 9.17) is 0 Å². The summed E-state index contributed by atoms with van der Waals surface area (Å²) < 4.78 is 0. The predicted octanol–water partition coefficient (Wildman–Crippen LogP) is -11.8. The Morgan fingerprint density at radius 3 is 0.429 bits per heavy atom. The SMILES string of the molecule is O.O.O.[B+3].[F-].[F-].[F-]. The Labute approximate surface area is 40.3 Å². The first-order valence-corrected chi connectivity index (χ1v) is 0. The van der Waals surface area contributed by atoms with Crippen LogP contribution in [0.3, 0.4) is 0 Å². The van der Waals surface area contributed by atoms with Gasteiger partial charge in [0.1, 0.15) is 0 Å². The summed E-state index contributed by atoms with van der Waals surface area (Å²) in [6.07, 6.45) is 0. The van der Waals surface area contributed by atoms with Gasteiger partial charge in [0.15, 0.2) is 0 Å². The normalized spacial score (nSPS) is 0. The van der Waals surface area contributed by atoms with Crippen molar-refractivity contribution in [1.82, 2.24) is 0 Å². The third-order valence-electron chi connectivity index (χ3n) is 0. The number of rotatable bonds is 0. The van der Waals surface area contributed by atoms with E-state index in [-0.39, 0.29) is 39.0 Å². The van der Waals surface area contributed by atoms with Crippen LogP contribution in [0, 0.1) is 0 Å². The molecule has 3 nitrogen and oxygen atoms in total. The van der Waals surface area contributed by atoms with Gasteiger partial charge < -0.3 is 30.5 Å². The molecule has 0 radical (unpaired) electrons. The van der Waals surface area contributed by atoms with Gasteiger partial charge in [-0.15, -0.1) is 0 Å². The summed E-state index contributed by atoms with van der Waals surface area (Å²) in [6.45, 7) is 0. The maximum atomic E-state index is 0. The molecule has 0 aromatic carbocycles. The van der Waals surface area contributed by atoms with Crippen molar-refractivity contribution >= 4 is 8.41 Å². The quantitative estimate of drug-likeness (QED) is 0.285. The molecule has 0 aliphatic carbocycles. The van der Waals surface area contributed by atoms with Crippen molar-refractivity contribution in [2.45, 2.75) is 0 Å². The van der Waals surface area contributed by atoms with Gasteiger partial charge in [-0.05, 0) is 0 Å². The molecule has 0 amide bonds. The number of hydrogen-bond donors (Lipinski definition) is 0. The molecule has 0 aliphatic heterocycles. The molecule has 0 aromatic heterocycles. The molecule has 0 aliphatic rings. The maximum Gasteiger partial charge on any atom is 3.00 e. The minimum atomic E-state index is 0. The Morgan fingerprint density at radius 2 is 0.429 bits per heavy atom. The van der Waals surface area contributed by atoms with Crippen LogP contribution in [0.5, 0.6) is 0 Å². The van der Waals surface area contributed by atoms with E-state index in [1.807, 2.05) is 0 Å². The second-order valence-corrected chi connectivity index (χ2v) is 0. The van der Waals surface area contributed by atoms with Crippen molar-refractivity contribution in [3.8, 4) is 0 Å². The molecule has 0 spiro atoms. The Morgan fingerprint density at radius 1 is 0.429 bits per heavy atom. The van der Waals surface area contributed by atoms with Crippen LogP contribution in [0.15, 0.2) is 0 Å². The van der Waals surface area contributed by atoms with Crippen molar-refractivity contribution in [3.63, 3.8) is 0 Å². The first-order valence-electron chi connectivity index (χ1n) is 0. The Hall–Kier alpha value is -0.265. The first-order chi connectivity index (χ1) is 0. The molecule has 0 saturated carbocycles. The van der Waals surface area contributed by atoms with Gasteiger partial charge in [-0.25, -0.2) is 0 Å². The zero-order valence-electron chi connectivity index (χ0n) is 3.21. The van der Waals surface area contributed by atoms with Crippen LogP contribution < -0.4 is 14.1 Å². The molecule has 0 rings (SSSR count). The van der Waals surface area contributed by atoms with E-state index in [2.05, 4.69) is 0 Å². The fourth-order valence-electron chi connectivity index (χ4n) is 0. The summed E-state index contributed by atoms with van der Waals surface area (Å²) in [5, 5.41) is 0. The third-order valence-corrected chi connectivity index (χ3v) is 0. The standard InChI is InChI=1S/B.3FH.3H2O/h;3*1H;3*1H2/q+3;;;;;;/p-3. The van der Waals surface area contributed by atoms with E-state index < -0.39 is 0 Å². The molecule has 48 valence electrons. The van der Waals surface area contributed by atoms with Crippen molar-refractivity contribution in [2.24, 2.45) is 0 Å². The molecule has 0 atom stereocenters. The Balaban J connectivity index is 0. The van der Waals surface area contributed by atoms with Crippen LogP contribution in [-0.4, -0.2) is 24.8 Å². The second-order valence-electron chi connectivity index (χ2n) is 0. The predicted molar refractivity (Wildman–Crippen MR) is 16.6 cm³/mol. The molecule has 0 unspecified atom stereocenters. The zero-order chi connectivity index (χ0) is 0. The van der Waals surface area contributed by atoms with Gasteiger partial charge in [0.05, 0.1) is 0 Å². The van der Waals surface area contributed by atoms with Crippen molar-refractivity contribution in [2.75, 3.05) is 0 Å². The van der Waals surface area contributed by atoms with Crippen molar-refractivity contribution in [3.05, 3.63) is 0 Å². The minimum absolute atomic E-state index is 0. The molecule has 0 heterocycles. The molecule has 0 saturated heterocycles. The van der Waals surface area contributed by atoms with E-state index in [9.17, 15) is 0 Å². The van der Waals surface area contributed by atoms with Gasteiger partial charge in [-0.2, -0.15) is 0 Å². The van der Waals surface area contributed by atoms with Gasteiger partial charge in [0.2, 0.25) is 0 Å². The molecule has 6 N–H and O–H groups in total. The fraction of sp³-hybridized carbons (Fsp3) is 0. The molecular weight excluding hydrogens is 116 g/mol. The van der Waals surface area contributed by atoms with Crippen LogP contribution in [0.4, 0.5) is 0 Å². The number of hydrogen-bond acceptors (Lipinski definition) is 0. The molecule has 0 fully saturated rings. The summed E-state index contributed by atoms with van der Waals surface area (Å²) in [5.41, 5.74) is 0. The van der Waals surface area contributed by atoms with E-state index in [0.717, 1.165) is 0 Å². The van der Waals surface area contributed by atoms with Crippen LogP contribution in [0.1, 0.15) is 0 Å². The topological polar surface area (TPSA) is 94.5 Å². The third kappa shape index (κ3) is 1140. The average Bonchev–Trinajstić information content (AvgIpc) is 0. The van der Waals surface area contributed by atoms with E-state index >= 15 is 0 Å². The summed E-state index contributed by atoms with van der Waals surface area (Å²) >= 11 is 0. The Bertz CT molecular complexity index is 10.1. The van der Waals surface area contributed by atoms with Crippen molar-refractivity contribution in [1.29, 1.82) is 0 Å². The molecule has 7 heteroatoms. The van der Waals surface area contributed by atoms with Crippen LogP contribution in [-0.2, 0) is 0 Å². The summed E-state index contributed by atoms with van der Waals surface area (Å²) in [7, 11) is 0. The summed E-state index contributed by atoms with van der Waals surface area (Å²) in [6, 6.07) is 0. The van der Waals surface area contributed by atoms with E-state index in [1.165, 1.54) is 0 Å². The summed E-state index contributed by atoms with van der Waals surface area (Å²) in [4.78, 5) is 0. The van der Waals surface area contributed by atoms with Gasteiger partial charge in [-0.1, -0.05) is 0 Å². The zero-order valence-corrected chi connectivity index (χ0v) is 3.21. The van der Waals surface area contributed by atoms with Gasteiger partial charge in [-0.3, -0.25) is 0 Å². The Kier molecular flexibility index (Phi) is 824000. The van der Waals surface area contributed by atoms with Crippen LogP contribution in [0.2, 0.25) is 0 Å². The fourth-order valence-corrected chi connectivity index (χ4v) is 0. The maximum absolute atomic E-state index is 0. The van der Waals surface area contributed by atoms with E-state index in [0.29, 0.717) is 0 Å². The molecule has 7 heavy (non-hydrogen) atoms. The number of halogens is 3. The minimum Gasteiger partial charge on any atom is -1.00 e. The molecule has 0 aromatic rings. The van der Waals surface area contributed by atoms with Crippen LogP contribution >= 0.6 is 0 Å². The smallest absolute Gasteiger partial charge is 1.00 e. The van der Waals surface area contributed by atoms with Crippen LogP contribution in [0.25, 0.3) is 0 Å². The van der Waals surface area contributed by atoms with E-state index in [1.54, 1.807) is 0 Å². The molecular formula is H6BF3O3. The van der Waals surface area contributed by atoms with Crippen molar-refractivity contribution < 1.29 is 30.5 Å². The van der Waals surface area contributed by atoms with Gasteiger partial charge in [0, 0.05) is 0 Å². The molecule has 0 bridgehead atoms. The largest absolute Gasteiger partial charge is 3.00 e. The van der Waals surface area contributed by atoms with Gasteiger partial charge in [0.25, 0.3) is 0 Å². The average molecular weight is 122 g/mol. The monoisotopic (exact) mass is 122 g/mol. The first kappa shape index (κ1) is 3150. The van der Waals surface area contributed by atoms with Gasteiger partial charge >= 0.3 is 8.41 Å². The summed E-state index contributed by atoms with van der Waals surface area (Å²) in [5.74, 6) is 0.